The molecule has 4 heterocycles. The maximum atomic E-state index is 13.7. The largest absolute Gasteiger partial charge is 0.381 e. The molecule has 46 heavy (non-hydrogen) atoms. The van der Waals surface area contributed by atoms with Gasteiger partial charge in [0.05, 0.1) is 16.7 Å². The molecule has 7 rings (SSSR count). The highest BCUT2D eigenvalue weighted by atomic mass is 16.2. The molecule has 2 N–H and O–H groups in total. The highest BCUT2D eigenvalue weighted by Gasteiger charge is 2.34. The molecule has 0 saturated carbocycles. The van der Waals surface area contributed by atoms with E-state index < -0.39 is 6.04 Å². The van der Waals surface area contributed by atoms with E-state index in [4.69, 9.17) is 4.98 Å². The molecule has 9 heteroatoms. The van der Waals surface area contributed by atoms with Crippen molar-refractivity contribution >= 4 is 34.2 Å². The van der Waals surface area contributed by atoms with Crippen LogP contribution in [0.1, 0.15) is 55.1 Å². The van der Waals surface area contributed by atoms with Gasteiger partial charge < -0.3 is 25.0 Å². The van der Waals surface area contributed by atoms with E-state index in [9.17, 15) is 9.59 Å². The van der Waals surface area contributed by atoms with E-state index in [0.29, 0.717) is 11.6 Å². The average molecular weight is 620 g/mol. The van der Waals surface area contributed by atoms with Gasteiger partial charge in [0.15, 0.2) is 0 Å². The number of likely N-dealkylation sites (tertiary alicyclic amines) is 2. The smallest absolute Gasteiger partial charge is 0.253 e. The summed E-state index contributed by atoms with van der Waals surface area (Å²) in [4.78, 5) is 39.2. The van der Waals surface area contributed by atoms with Gasteiger partial charge in [-0.25, -0.2) is 4.98 Å². The standard InChI is InChI=1S/C37H45N7O2/c1-24(2)34-36(45)40-31-12-11-27(38-28-14-19-43(23-28)22-25-8-6-5-7-9-25)21-30(31)35-39-32-20-26(10-13-33(32)44(34)35)37(46)42(4)29-15-17-41(3)18-16-29/h5-13,20-21,24,28-29,34,38H,14-19,22-23H2,1-4H3,(H,40,45). The molecule has 0 aliphatic carbocycles. The summed E-state index contributed by atoms with van der Waals surface area (Å²) in [6.45, 7) is 9.10. The van der Waals surface area contributed by atoms with Crippen molar-refractivity contribution in [3.05, 3.63) is 77.9 Å². The molecule has 2 atom stereocenters. The van der Waals surface area contributed by atoms with E-state index in [0.717, 1.165) is 85.8 Å². The third kappa shape index (κ3) is 5.89. The Hall–Kier alpha value is -4.21. The summed E-state index contributed by atoms with van der Waals surface area (Å²) < 4.78 is 2.08. The van der Waals surface area contributed by atoms with Crippen molar-refractivity contribution in [1.29, 1.82) is 0 Å². The summed E-state index contributed by atoms with van der Waals surface area (Å²) in [6, 6.07) is 22.7. The van der Waals surface area contributed by atoms with Crippen molar-refractivity contribution in [1.82, 2.24) is 24.3 Å². The number of nitrogens with zero attached hydrogens (tertiary/aromatic N) is 5. The van der Waals surface area contributed by atoms with Crippen LogP contribution in [0, 0.1) is 5.92 Å². The number of benzene rings is 3. The first-order valence-corrected chi connectivity index (χ1v) is 16.7. The number of hydrogen-bond donors (Lipinski definition) is 2. The predicted octanol–water partition coefficient (Wildman–Crippen LogP) is 5.71. The van der Waals surface area contributed by atoms with Crippen LogP contribution in [0.4, 0.5) is 11.4 Å². The summed E-state index contributed by atoms with van der Waals surface area (Å²) in [6.07, 6.45) is 3.02. The van der Waals surface area contributed by atoms with Gasteiger partial charge in [0.25, 0.3) is 5.91 Å². The summed E-state index contributed by atoms with van der Waals surface area (Å²) in [5.41, 5.74) is 6.21. The average Bonchev–Trinajstić information content (AvgIpc) is 3.62. The van der Waals surface area contributed by atoms with E-state index in [1.165, 1.54) is 5.56 Å². The molecular weight excluding hydrogens is 574 g/mol. The Balaban J connectivity index is 1.18. The SMILES string of the molecule is CC(C)C1C(=O)Nc2ccc(NC3CCN(Cc4ccccc4)C3)cc2-c2nc3cc(C(=O)N(C)C4CCN(C)CC4)ccc3n21. The lowest BCUT2D eigenvalue weighted by Crippen LogP contribution is -2.44. The molecule has 0 bridgehead atoms. The van der Waals surface area contributed by atoms with Crippen molar-refractivity contribution in [2.24, 2.45) is 5.92 Å². The van der Waals surface area contributed by atoms with Crippen molar-refractivity contribution < 1.29 is 9.59 Å². The maximum absolute atomic E-state index is 13.7. The van der Waals surface area contributed by atoms with E-state index in [-0.39, 0.29) is 23.8 Å². The van der Waals surface area contributed by atoms with Crippen LogP contribution in [-0.2, 0) is 11.3 Å². The zero-order valence-corrected chi connectivity index (χ0v) is 27.4. The Labute approximate surface area is 271 Å². The highest BCUT2D eigenvalue weighted by molar-refractivity contribution is 6.03. The Morgan fingerprint density at radius 1 is 1.02 bits per heavy atom. The lowest BCUT2D eigenvalue weighted by atomic mass is 10.0. The predicted molar refractivity (Wildman–Crippen MR) is 184 cm³/mol. The van der Waals surface area contributed by atoms with Crippen LogP contribution in [0.15, 0.2) is 66.7 Å². The van der Waals surface area contributed by atoms with Gasteiger partial charge in [0.1, 0.15) is 11.9 Å². The number of carbonyl (C=O) groups excluding carboxylic acids is 2. The molecule has 240 valence electrons. The minimum absolute atomic E-state index is 0.0163. The van der Waals surface area contributed by atoms with Crippen LogP contribution in [0.5, 0.6) is 0 Å². The summed E-state index contributed by atoms with van der Waals surface area (Å²) in [7, 11) is 4.05. The van der Waals surface area contributed by atoms with Crippen molar-refractivity contribution in [3.63, 3.8) is 0 Å². The van der Waals surface area contributed by atoms with Crippen LogP contribution < -0.4 is 10.6 Å². The van der Waals surface area contributed by atoms with Crippen molar-refractivity contribution in [2.75, 3.05) is 50.9 Å². The minimum Gasteiger partial charge on any atom is -0.381 e. The molecule has 4 aromatic rings. The summed E-state index contributed by atoms with van der Waals surface area (Å²) >= 11 is 0. The van der Waals surface area contributed by atoms with Gasteiger partial charge in [0.2, 0.25) is 5.91 Å². The summed E-state index contributed by atoms with van der Waals surface area (Å²) in [5.74, 6) is 0.747. The number of imidazole rings is 1. The second-order valence-electron chi connectivity index (χ2n) is 13.7. The second kappa shape index (κ2) is 12.5. The molecule has 1 aromatic heterocycles. The number of carbonyl (C=O) groups is 2. The topological polar surface area (TPSA) is 85.7 Å². The summed E-state index contributed by atoms with van der Waals surface area (Å²) in [5, 5.41) is 6.95. The fourth-order valence-corrected chi connectivity index (χ4v) is 7.48. The van der Waals surface area contributed by atoms with Crippen LogP contribution >= 0.6 is 0 Å². The fraction of sp³-hybridized carbons (Fsp3) is 0.432. The third-order valence-corrected chi connectivity index (χ3v) is 10.1. The number of piperidine rings is 1. The van der Waals surface area contributed by atoms with E-state index in [2.05, 4.69) is 88.4 Å². The second-order valence-corrected chi connectivity index (χ2v) is 13.7. The van der Waals surface area contributed by atoms with E-state index in [1.807, 2.05) is 36.2 Å². The van der Waals surface area contributed by atoms with Crippen molar-refractivity contribution in [2.45, 2.75) is 57.8 Å². The van der Waals surface area contributed by atoms with E-state index in [1.54, 1.807) is 0 Å². The first-order valence-electron chi connectivity index (χ1n) is 16.7. The Morgan fingerprint density at radius 3 is 2.57 bits per heavy atom. The molecule has 2 saturated heterocycles. The van der Waals surface area contributed by atoms with Gasteiger partial charge in [-0.05, 0) is 87.3 Å². The Kier molecular flexibility index (Phi) is 8.29. The van der Waals surface area contributed by atoms with E-state index >= 15 is 0 Å². The number of anilines is 2. The molecule has 0 spiro atoms. The van der Waals surface area contributed by atoms with Gasteiger partial charge in [0, 0.05) is 55.6 Å². The number of aromatic nitrogens is 2. The molecule has 3 aliphatic heterocycles. The highest BCUT2D eigenvalue weighted by Crippen LogP contribution is 2.40. The molecule has 3 aromatic carbocycles. The lowest BCUT2D eigenvalue weighted by molar-refractivity contribution is -0.120. The molecular formula is C37H45N7O2. The Bertz CT molecular complexity index is 1740. The first-order chi connectivity index (χ1) is 22.2. The molecule has 2 fully saturated rings. The van der Waals surface area contributed by atoms with Crippen LogP contribution in [0.25, 0.3) is 22.4 Å². The van der Waals surface area contributed by atoms with Gasteiger partial charge in [-0.2, -0.15) is 0 Å². The number of hydrogen-bond acceptors (Lipinski definition) is 6. The van der Waals surface area contributed by atoms with Gasteiger partial charge in [-0.15, -0.1) is 0 Å². The van der Waals surface area contributed by atoms with Crippen molar-refractivity contribution in [3.8, 4) is 11.4 Å². The first kappa shape index (κ1) is 30.4. The van der Waals surface area contributed by atoms with Crippen LogP contribution in [0.2, 0.25) is 0 Å². The molecule has 0 radical (unpaired) electrons. The normalized spacial score (nSPS) is 20.8. The van der Waals surface area contributed by atoms with Crippen LogP contribution in [-0.4, -0.2) is 88.4 Å². The zero-order chi connectivity index (χ0) is 31.9. The van der Waals surface area contributed by atoms with Crippen LogP contribution in [0.3, 0.4) is 0 Å². The number of rotatable bonds is 7. The fourth-order valence-electron chi connectivity index (χ4n) is 7.48. The number of nitrogens with one attached hydrogen (secondary N) is 2. The zero-order valence-electron chi connectivity index (χ0n) is 27.4. The molecule has 9 nitrogen and oxygen atoms in total. The van der Waals surface area contributed by atoms with Gasteiger partial charge >= 0.3 is 0 Å². The maximum Gasteiger partial charge on any atom is 0.253 e. The van der Waals surface area contributed by atoms with Gasteiger partial charge in [-0.1, -0.05) is 44.2 Å². The third-order valence-electron chi connectivity index (χ3n) is 10.1. The quantitative estimate of drug-likeness (QED) is 0.276. The van der Waals surface area contributed by atoms with Gasteiger partial charge in [-0.3, -0.25) is 14.5 Å². The molecule has 2 amide bonds. The number of amides is 2. The monoisotopic (exact) mass is 619 g/mol. The Morgan fingerprint density at radius 2 is 1.80 bits per heavy atom. The molecule has 2 unspecified atom stereocenters. The lowest BCUT2D eigenvalue weighted by Gasteiger charge is -2.35. The minimum atomic E-state index is -0.436. The number of fused-ring (bicyclic) bond motifs is 5. The molecule has 3 aliphatic rings.